The topological polar surface area (TPSA) is 53.7 Å². The largest absolute Gasteiger partial charge is 0.356 e. The second-order valence-electron chi connectivity index (χ2n) is 5.40. The zero-order valence-corrected chi connectivity index (χ0v) is 11.9. The van der Waals surface area contributed by atoms with Gasteiger partial charge in [-0.1, -0.05) is 0 Å². The number of nitrogens with zero attached hydrogens (tertiary/aromatic N) is 5. The molecular weight excluding hydrogens is 254 g/mol. The van der Waals surface area contributed by atoms with Gasteiger partial charge >= 0.3 is 0 Å². The summed E-state index contributed by atoms with van der Waals surface area (Å²) in [7, 11) is 3.65. The summed E-state index contributed by atoms with van der Waals surface area (Å²) in [5.74, 6) is 1.44. The fraction of sp³-hybridized carbons (Fsp3) is 0.500. The molecule has 3 heterocycles. The Morgan fingerprint density at radius 3 is 2.70 bits per heavy atom. The third kappa shape index (κ3) is 2.21. The number of aromatic nitrogens is 3. The molecule has 0 bridgehead atoms. The molecular formula is C14H19N5O. The van der Waals surface area contributed by atoms with Crippen molar-refractivity contribution < 1.29 is 4.79 Å². The summed E-state index contributed by atoms with van der Waals surface area (Å²) in [4.78, 5) is 20.2. The van der Waals surface area contributed by atoms with Crippen molar-refractivity contribution in [3.63, 3.8) is 0 Å². The quantitative estimate of drug-likeness (QED) is 0.820. The van der Waals surface area contributed by atoms with E-state index in [1.807, 2.05) is 36.9 Å². The molecule has 1 fully saturated rings. The van der Waals surface area contributed by atoms with Crippen molar-refractivity contribution in [1.82, 2.24) is 19.5 Å². The normalized spacial score (nSPS) is 16.6. The van der Waals surface area contributed by atoms with Gasteiger partial charge in [0, 0.05) is 45.4 Å². The fourth-order valence-electron chi connectivity index (χ4n) is 2.78. The summed E-state index contributed by atoms with van der Waals surface area (Å²) in [6.07, 6.45) is 5.35. The average molecular weight is 273 g/mol. The minimum atomic E-state index is 0.149. The summed E-state index contributed by atoms with van der Waals surface area (Å²) in [6.45, 7) is 1.76. The first kappa shape index (κ1) is 12.9. The molecule has 2 aromatic rings. The lowest BCUT2D eigenvalue weighted by Crippen LogP contribution is -2.40. The molecule has 1 aliphatic heterocycles. The van der Waals surface area contributed by atoms with Gasteiger partial charge in [-0.15, -0.1) is 0 Å². The number of hydrogen-bond acceptors (Lipinski definition) is 4. The number of carbonyl (C=O) groups is 1. The van der Waals surface area contributed by atoms with Crippen LogP contribution in [0, 0.1) is 5.92 Å². The minimum Gasteiger partial charge on any atom is -0.356 e. The first-order chi connectivity index (χ1) is 9.66. The molecule has 0 N–H and O–H groups in total. The van der Waals surface area contributed by atoms with E-state index in [1.165, 1.54) is 0 Å². The molecule has 0 spiro atoms. The third-order valence-corrected chi connectivity index (χ3v) is 3.88. The maximum atomic E-state index is 12.0. The summed E-state index contributed by atoms with van der Waals surface area (Å²) in [5, 5.41) is 4.31. The van der Waals surface area contributed by atoms with Crippen LogP contribution < -0.4 is 4.90 Å². The van der Waals surface area contributed by atoms with Gasteiger partial charge < -0.3 is 9.80 Å². The first-order valence-corrected chi connectivity index (χ1v) is 6.91. The lowest BCUT2D eigenvalue weighted by molar-refractivity contribution is -0.133. The molecule has 2 aromatic heterocycles. The lowest BCUT2D eigenvalue weighted by atomic mass is 9.95. The molecule has 1 saturated heterocycles. The van der Waals surface area contributed by atoms with E-state index in [9.17, 15) is 4.79 Å². The molecule has 0 aliphatic carbocycles. The Bertz CT molecular complexity index is 613. The number of fused-ring (bicyclic) bond motifs is 1. The van der Waals surface area contributed by atoms with E-state index in [1.54, 1.807) is 11.1 Å². The Morgan fingerprint density at radius 2 is 2.00 bits per heavy atom. The summed E-state index contributed by atoms with van der Waals surface area (Å²) < 4.78 is 1.86. The molecule has 106 valence electrons. The van der Waals surface area contributed by atoms with Gasteiger partial charge in [-0.25, -0.2) is 4.98 Å². The molecule has 0 aromatic carbocycles. The third-order valence-electron chi connectivity index (χ3n) is 3.88. The number of carbonyl (C=O) groups excluding carboxylic acids is 1. The van der Waals surface area contributed by atoms with Crippen LogP contribution in [0.3, 0.4) is 0 Å². The zero-order chi connectivity index (χ0) is 14.1. The van der Waals surface area contributed by atoms with Gasteiger partial charge in [0.25, 0.3) is 0 Å². The maximum Gasteiger partial charge on any atom is 0.225 e. The van der Waals surface area contributed by atoms with Gasteiger partial charge in [-0.2, -0.15) is 9.61 Å². The van der Waals surface area contributed by atoms with Crippen LogP contribution in [0.5, 0.6) is 0 Å². The Kier molecular flexibility index (Phi) is 3.30. The number of rotatable bonds is 2. The number of anilines is 1. The summed E-state index contributed by atoms with van der Waals surface area (Å²) in [5.41, 5.74) is 0.856. The Hall–Kier alpha value is -2.11. The predicted octanol–water partition coefficient (Wildman–Crippen LogP) is 1.03. The molecule has 0 atom stereocenters. The van der Waals surface area contributed by atoms with Gasteiger partial charge in [0.2, 0.25) is 5.91 Å². The van der Waals surface area contributed by atoms with Crippen LogP contribution in [-0.4, -0.2) is 52.6 Å². The molecule has 1 aliphatic rings. The van der Waals surface area contributed by atoms with Crippen molar-refractivity contribution in [2.45, 2.75) is 12.8 Å². The highest BCUT2D eigenvalue weighted by molar-refractivity contribution is 5.78. The fourth-order valence-corrected chi connectivity index (χ4v) is 2.78. The molecule has 1 amide bonds. The van der Waals surface area contributed by atoms with Crippen molar-refractivity contribution in [2.75, 3.05) is 32.1 Å². The zero-order valence-electron chi connectivity index (χ0n) is 11.9. The molecule has 20 heavy (non-hydrogen) atoms. The van der Waals surface area contributed by atoms with Crippen molar-refractivity contribution >= 4 is 17.4 Å². The molecule has 0 unspecified atom stereocenters. The maximum absolute atomic E-state index is 12.0. The second kappa shape index (κ2) is 5.11. The van der Waals surface area contributed by atoms with Gasteiger partial charge in [-0.3, -0.25) is 4.79 Å². The van der Waals surface area contributed by atoms with E-state index in [2.05, 4.69) is 15.0 Å². The van der Waals surface area contributed by atoms with Gasteiger partial charge in [0.15, 0.2) is 5.65 Å². The standard InChI is InChI=1S/C14H19N5O/c1-17(2)14(20)11-5-9-18(10-6-11)13-4-7-15-12-3-8-16-19(12)13/h3-4,7-8,11H,5-6,9-10H2,1-2H3. The highest BCUT2D eigenvalue weighted by Crippen LogP contribution is 2.24. The highest BCUT2D eigenvalue weighted by atomic mass is 16.2. The SMILES string of the molecule is CN(C)C(=O)C1CCN(c2ccnc3ccnn23)CC1. The van der Waals surface area contributed by atoms with Gasteiger partial charge in [-0.05, 0) is 18.9 Å². The van der Waals surface area contributed by atoms with Crippen molar-refractivity contribution in [2.24, 2.45) is 5.92 Å². The van der Waals surface area contributed by atoms with Crippen LogP contribution in [-0.2, 0) is 4.79 Å². The van der Waals surface area contributed by atoms with E-state index in [-0.39, 0.29) is 11.8 Å². The molecule has 0 radical (unpaired) electrons. The Morgan fingerprint density at radius 1 is 1.25 bits per heavy atom. The van der Waals surface area contributed by atoms with Gasteiger partial charge in [0.1, 0.15) is 5.82 Å². The van der Waals surface area contributed by atoms with Crippen LogP contribution in [0.2, 0.25) is 0 Å². The first-order valence-electron chi connectivity index (χ1n) is 6.91. The van der Waals surface area contributed by atoms with Crippen LogP contribution in [0.15, 0.2) is 24.5 Å². The summed E-state index contributed by atoms with van der Waals surface area (Å²) >= 11 is 0. The van der Waals surface area contributed by atoms with Gasteiger partial charge in [0.05, 0.1) is 6.20 Å². The number of hydrogen-bond donors (Lipinski definition) is 0. The molecule has 0 saturated carbocycles. The predicted molar refractivity (Wildman–Crippen MR) is 76.6 cm³/mol. The summed E-state index contributed by atoms with van der Waals surface area (Å²) in [6, 6.07) is 3.87. The van der Waals surface area contributed by atoms with Crippen molar-refractivity contribution in [3.05, 3.63) is 24.5 Å². The van der Waals surface area contributed by atoms with E-state index < -0.39 is 0 Å². The highest BCUT2D eigenvalue weighted by Gasteiger charge is 2.27. The van der Waals surface area contributed by atoms with E-state index in [0.717, 1.165) is 37.4 Å². The molecule has 3 rings (SSSR count). The van der Waals surface area contributed by atoms with E-state index >= 15 is 0 Å². The minimum absolute atomic E-state index is 0.149. The van der Waals surface area contributed by atoms with Crippen LogP contribution >= 0.6 is 0 Å². The Labute approximate surface area is 118 Å². The smallest absolute Gasteiger partial charge is 0.225 e. The van der Waals surface area contributed by atoms with Crippen LogP contribution in [0.4, 0.5) is 5.82 Å². The molecule has 6 nitrogen and oxygen atoms in total. The lowest BCUT2D eigenvalue weighted by Gasteiger charge is -2.33. The van der Waals surface area contributed by atoms with Crippen molar-refractivity contribution in [3.8, 4) is 0 Å². The number of amides is 1. The second-order valence-corrected chi connectivity index (χ2v) is 5.40. The molecule has 6 heteroatoms. The monoisotopic (exact) mass is 273 g/mol. The van der Waals surface area contributed by atoms with Crippen LogP contribution in [0.25, 0.3) is 5.65 Å². The Balaban J connectivity index is 1.75. The van der Waals surface area contributed by atoms with Crippen LogP contribution in [0.1, 0.15) is 12.8 Å². The van der Waals surface area contributed by atoms with E-state index in [4.69, 9.17) is 0 Å². The van der Waals surface area contributed by atoms with E-state index in [0.29, 0.717) is 0 Å². The van der Waals surface area contributed by atoms with Crippen molar-refractivity contribution in [1.29, 1.82) is 0 Å². The average Bonchev–Trinajstić information content (AvgIpc) is 2.95. The number of piperidine rings is 1.